The van der Waals surface area contributed by atoms with Gasteiger partial charge in [-0.05, 0) is 32.4 Å². The molecule has 0 saturated heterocycles. The van der Waals surface area contributed by atoms with Crippen LogP contribution in [0.5, 0.6) is 0 Å². The predicted molar refractivity (Wildman–Crippen MR) is 113 cm³/mol. The van der Waals surface area contributed by atoms with E-state index in [0.29, 0.717) is 17.1 Å². The molecule has 3 rings (SSSR count). The molecule has 25 heavy (non-hydrogen) atoms. The Morgan fingerprint density at radius 1 is 1.48 bits per heavy atom. The van der Waals surface area contributed by atoms with Gasteiger partial charge in [-0.1, -0.05) is 17.7 Å². The molecule has 2 unspecified atom stereocenters. The van der Waals surface area contributed by atoms with Crippen molar-refractivity contribution in [3.05, 3.63) is 50.7 Å². The van der Waals surface area contributed by atoms with E-state index in [0.717, 1.165) is 23.9 Å². The average Bonchev–Trinajstić information content (AvgIpc) is 3.15. The molecule has 0 aliphatic heterocycles. The van der Waals surface area contributed by atoms with Gasteiger partial charge < -0.3 is 10.6 Å². The monoisotopic (exact) mass is 494 g/mol. The van der Waals surface area contributed by atoms with Gasteiger partial charge in [-0.25, -0.2) is 14.4 Å². The Kier molecular flexibility index (Phi) is 7.45. The first-order chi connectivity index (χ1) is 11.6. The van der Waals surface area contributed by atoms with Crippen LogP contribution in [0, 0.1) is 12.7 Å². The zero-order valence-electron chi connectivity index (χ0n) is 14.1. The van der Waals surface area contributed by atoms with Gasteiger partial charge in [0.2, 0.25) is 0 Å². The van der Waals surface area contributed by atoms with E-state index in [1.165, 1.54) is 10.9 Å². The largest absolute Gasteiger partial charge is 0.357 e. The Hall–Kier alpha value is -0.930. The molecule has 2 aromatic rings. The van der Waals surface area contributed by atoms with Gasteiger partial charge >= 0.3 is 0 Å². The number of guanidine groups is 1. The van der Waals surface area contributed by atoms with Crippen LogP contribution in [0.4, 0.5) is 4.39 Å². The van der Waals surface area contributed by atoms with Gasteiger partial charge in [0.25, 0.3) is 0 Å². The van der Waals surface area contributed by atoms with Crippen LogP contribution in [0.2, 0.25) is 5.02 Å². The molecule has 2 atom stereocenters. The molecule has 0 radical (unpaired) electrons. The van der Waals surface area contributed by atoms with Gasteiger partial charge in [0.15, 0.2) is 5.96 Å². The quantitative estimate of drug-likeness (QED) is 0.366. The van der Waals surface area contributed by atoms with Gasteiger partial charge in [0, 0.05) is 40.2 Å². The summed E-state index contributed by atoms with van der Waals surface area (Å²) in [6.45, 7) is 5.34. The van der Waals surface area contributed by atoms with Crippen LogP contribution in [0.1, 0.15) is 34.7 Å². The van der Waals surface area contributed by atoms with Crippen LogP contribution in [-0.2, 0) is 6.54 Å². The molecule has 0 bridgehead atoms. The summed E-state index contributed by atoms with van der Waals surface area (Å²) in [5.74, 6) is 0.576. The molecule has 1 heterocycles. The van der Waals surface area contributed by atoms with Gasteiger partial charge in [-0.2, -0.15) is 0 Å². The minimum absolute atomic E-state index is 0. The number of thiazole rings is 1. The first-order valence-corrected chi connectivity index (χ1v) is 9.18. The average molecular weight is 495 g/mol. The predicted octanol–water partition coefficient (Wildman–Crippen LogP) is 4.47. The molecule has 4 nitrogen and oxygen atoms in total. The molecule has 1 saturated carbocycles. The Balaban J connectivity index is 0.00000225. The zero-order chi connectivity index (χ0) is 17.1. The van der Waals surface area contributed by atoms with E-state index in [4.69, 9.17) is 11.6 Å². The number of hydrogen-bond donors (Lipinski definition) is 2. The minimum Gasteiger partial charge on any atom is -0.357 e. The third-order valence-electron chi connectivity index (χ3n) is 3.87. The number of aliphatic imine (C=N–C) groups is 1. The van der Waals surface area contributed by atoms with Crippen LogP contribution in [0.3, 0.4) is 0 Å². The standard InChI is InChI=1S/C17H20ClFN4S.HI/c1-3-20-17(22-9-15-21-8-10(2)24-15)23-14-7-11(14)16-12(18)5-4-6-13(16)19;/h4-6,8,11,14H,3,7,9H2,1-2H3,(H2,20,22,23);1H. The van der Waals surface area contributed by atoms with Crippen molar-refractivity contribution in [1.82, 2.24) is 15.6 Å². The minimum atomic E-state index is -0.239. The molecule has 1 aliphatic rings. The van der Waals surface area contributed by atoms with Crippen molar-refractivity contribution in [1.29, 1.82) is 0 Å². The second-order valence-electron chi connectivity index (χ2n) is 5.79. The van der Waals surface area contributed by atoms with Gasteiger partial charge in [0.05, 0.1) is 6.54 Å². The van der Waals surface area contributed by atoms with Crippen molar-refractivity contribution in [2.24, 2.45) is 4.99 Å². The summed E-state index contributed by atoms with van der Waals surface area (Å²) in [6, 6.07) is 4.98. The fourth-order valence-corrected chi connectivity index (χ4v) is 3.67. The van der Waals surface area contributed by atoms with Crippen LogP contribution >= 0.6 is 46.9 Å². The second kappa shape index (κ2) is 9.14. The molecule has 8 heteroatoms. The highest BCUT2D eigenvalue weighted by Crippen LogP contribution is 2.44. The SMILES string of the molecule is CCNC(=NCc1ncc(C)s1)NC1CC1c1c(F)cccc1Cl.I. The molecule has 1 fully saturated rings. The summed E-state index contributed by atoms with van der Waals surface area (Å²) in [5.41, 5.74) is 0.600. The van der Waals surface area contributed by atoms with Gasteiger partial charge in [0.1, 0.15) is 10.8 Å². The number of rotatable bonds is 5. The highest BCUT2D eigenvalue weighted by Gasteiger charge is 2.41. The Morgan fingerprint density at radius 2 is 2.28 bits per heavy atom. The molecule has 1 aliphatic carbocycles. The van der Waals surface area contributed by atoms with Gasteiger partial charge in [-0.3, -0.25) is 0 Å². The Labute approximate surface area is 173 Å². The maximum atomic E-state index is 14.0. The lowest BCUT2D eigenvalue weighted by molar-refractivity contribution is 0.608. The fourth-order valence-electron chi connectivity index (χ4n) is 2.66. The maximum Gasteiger partial charge on any atom is 0.191 e. The summed E-state index contributed by atoms with van der Waals surface area (Å²) < 4.78 is 14.0. The lowest BCUT2D eigenvalue weighted by atomic mass is 10.1. The number of halogens is 3. The zero-order valence-corrected chi connectivity index (χ0v) is 18.0. The Morgan fingerprint density at radius 3 is 2.92 bits per heavy atom. The van der Waals surface area contributed by atoms with E-state index in [1.807, 2.05) is 20.0 Å². The third-order valence-corrected chi connectivity index (χ3v) is 5.10. The Bertz CT molecular complexity index is 732. The summed E-state index contributed by atoms with van der Waals surface area (Å²) in [5, 5.41) is 8.05. The van der Waals surface area contributed by atoms with Crippen molar-refractivity contribution < 1.29 is 4.39 Å². The number of benzene rings is 1. The first kappa shape index (κ1) is 20.4. The summed E-state index contributed by atoms with van der Waals surface area (Å²) in [6.07, 6.45) is 2.70. The van der Waals surface area contributed by atoms with Crippen LogP contribution in [0.25, 0.3) is 0 Å². The van der Waals surface area contributed by atoms with E-state index in [9.17, 15) is 4.39 Å². The normalized spacial score (nSPS) is 19.3. The second-order valence-corrected chi connectivity index (χ2v) is 7.51. The number of nitrogens with one attached hydrogen (secondary N) is 2. The summed E-state index contributed by atoms with van der Waals surface area (Å²) in [4.78, 5) is 10.1. The lowest BCUT2D eigenvalue weighted by Crippen LogP contribution is -2.39. The molecule has 1 aromatic carbocycles. The summed E-state index contributed by atoms with van der Waals surface area (Å²) in [7, 11) is 0. The molecule has 1 aromatic heterocycles. The molecule has 0 amide bonds. The first-order valence-electron chi connectivity index (χ1n) is 7.98. The van der Waals surface area contributed by atoms with E-state index in [-0.39, 0.29) is 41.8 Å². The summed E-state index contributed by atoms with van der Waals surface area (Å²) >= 11 is 7.79. The number of aryl methyl sites for hydroxylation is 1. The molecular formula is C17H21ClFIN4S. The number of hydrogen-bond acceptors (Lipinski definition) is 3. The smallest absolute Gasteiger partial charge is 0.191 e. The topological polar surface area (TPSA) is 49.3 Å². The van der Waals surface area contributed by atoms with Crippen molar-refractivity contribution in [3.63, 3.8) is 0 Å². The van der Waals surface area contributed by atoms with Crippen molar-refractivity contribution in [2.75, 3.05) is 6.54 Å². The molecule has 0 spiro atoms. The third kappa shape index (κ3) is 5.27. The van der Waals surface area contributed by atoms with E-state index in [2.05, 4.69) is 20.6 Å². The molecule has 2 N–H and O–H groups in total. The van der Waals surface area contributed by atoms with Crippen molar-refractivity contribution in [3.8, 4) is 0 Å². The van der Waals surface area contributed by atoms with Crippen LogP contribution in [0.15, 0.2) is 29.4 Å². The highest BCUT2D eigenvalue weighted by atomic mass is 127. The van der Waals surface area contributed by atoms with E-state index < -0.39 is 0 Å². The van der Waals surface area contributed by atoms with Crippen LogP contribution in [-0.4, -0.2) is 23.5 Å². The van der Waals surface area contributed by atoms with Crippen molar-refractivity contribution >= 4 is 52.9 Å². The highest BCUT2D eigenvalue weighted by molar-refractivity contribution is 14.0. The lowest BCUT2D eigenvalue weighted by Gasteiger charge is -2.11. The van der Waals surface area contributed by atoms with Gasteiger partial charge in [-0.15, -0.1) is 35.3 Å². The van der Waals surface area contributed by atoms with E-state index in [1.54, 1.807) is 23.5 Å². The molecular weight excluding hydrogens is 474 g/mol. The maximum absolute atomic E-state index is 14.0. The van der Waals surface area contributed by atoms with Crippen LogP contribution < -0.4 is 10.6 Å². The fraction of sp³-hybridized carbons (Fsp3) is 0.412. The molecule has 136 valence electrons. The van der Waals surface area contributed by atoms with E-state index >= 15 is 0 Å². The van der Waals surface area contributed by atoms with Crippen molar-refractivity contribution in [2.45, 2.75) is 38.8 Å². The number of aromatic nitrogens is 1. The number of nitrogens with zero attached hydrogens (tertiary/aromatic N) is 2.